The fourth-order valence-corrected chi connectivity index (χ4v) is 10.4. The van der Waals surface area contributed by atoms with Crippen LogP contribution >= 0.6 is 0 Å². The second-order valence-corrected chi connectivity index (χ2v) is 19.0. The number of hydrogen-bond acceptors (Lipinski definition) is 3. The number of carboxylic acid groups (broad SMARTS) is 1. The molecule has 0 bridgehead atoms. The lowest BCUT2D eigenvalue weighted by atomic mass is 9.56. The SMILES string of the molecule is CCCCCCCCCCCCC(OC(=O)C1(CC(CCC)CCCCC)CCCC(C(=O)O)C1CCCCCCCCC(C)C)C(CCC)CCCCC. The number of esters is 1. The molecule has 326 valence electrons. The van der Waals surface area contributed by atoms with Gasteiger partial charge in [0.2, 0.25) is 0 Å². The monoisotopic (exact) mass is 775 g/mol. The molecular weight excluding hydrogens is 677 g/mol. The van der Waals surface area contributed by atoms with Gasteiger partial charge in [-0.3, -0.25) is 9.59 Å². The topological polar surface area (TPSA) is 63.6 Å². The minimum Gasteiger partial charge on any atom is -0.481 e. The normalized spacial score (nSPS) is 20.4. The van der Waals surface area contributed by atoms with E-state index >= 15 is 4.79 Å². The Morgan fingerprint density at radius 3 is 1.62 bits per heavy atom. The first kappa shape index (κ1) is 52.0. The Morgan fingerprint density at radius 1 is 0.582 bits per heavy atom. The van der Waals surface area contributed by atoms with Crippen LogP contribution in [0.5, 0.6) is 0 Å². The van der Waals surface area contributed by atoms with Crippen molar-refractivity contribution in [3.63, 3.8) is 0 Å². The summed E-state index contributed by atoms with van der Waals surface area (Å²) in [5, 5.41) is 10.7. The van der Waals surface area contributed by atoms with E-state index in [1.54, 1.807) is 0 Å². The van der Waals surface area contributed by atoms with Crippen LogP contribution < -0.4 is 0 Å². The molecule has 0 spiro atoms. The van der Waals surface area contributed by atoms with Crippen LogP contribution in [0.4, 0.5) is 0 Å². The first-order valence-electron chi connectivity index (χ1n) is 25.1. The number of carbonyl (C=O) groups is 2. The minimum atomic E-state index is -0.682. The molecule has 0 aromatic carbocycles. The van der Waals surface area contributed by atoms with Crippen LogP contribution in [0.1, 0.15) is 273 Å². The van der Waals surface area contributed by atoms with Gasteiger partial charge < -0.3 is 9.84 Å². The van der Waals surface area contributed by atoms with E-state index in [-0.39, 0.29) is 18.0 Å². The van der Waals surface area contributed by atoms with Crippen LogP contribution in [-0.2, 0) is 14.3 Å². The third-order valence-corrected chi connectivity index (χ3v) is 13.6. The maximum absolute atomic E-state index is 15.3. The number of ether oxygens (including phenoxy) is 1. The van der Waals surface area contributed by atoms with Gasteiger partial charge in [-0.15, -0.1) is 0 Å². The van der Waals surface area contributed by atoms with Crippen molar-refractivity contribution in [1.82, 2.24) is 0 Å². The lowest BCUT2D eigenvalue weighted by molar-refractivity contribution is -0.179. The molecule has 1 aliphatic rings. The molecule has 0 heterocycles. The van der Waals surface area contributed by atoms with Gasteiger partial charge in [0.05, 0.1) is 11.3 Å². The van der Waals surface area contributed by atoms with Crippen molar-refractivity contribution in [2.75, 3.05) is 0 Å². The van der Waals surface area contributed by atoms with Gasteiger partial charge in [0.15, 0.2) is 0 Å². The average molecular weight is 775 g/mol. The fourth-order valence-electron chi connectivity index (χ4n) is 10.4. The summed E-state index contributed by atoms with van der Waals surface area (Å²) in [6, 6.07) is 0. The van der Waals surface area contributed by atoms with Crippen molar-refractivity contribution in [2.24, 2.45) is 35.0 Å². The van der Waals surface area contributed by atoms with Gasteiger partial charge in [-0.05, 0) is 75.0 Å². The summed E-state index contributed by atoms with van der Waals surface area (Å²) < 4.78 is 7.04. The van der Waals surface area contributed by atoms with E-state index in [2.05, 4.69) is 48.5 Å². The maximum atomic E-state index is 15.3. The fraction of sp³-hybridized carbons (Fsp3) is 0.961. The van der Waals surface area contributed by atoms with Crippen molar-refractivity contribution in [3.05, 3.63) is 0 Å². The van der Waals surface area contributed by atoms with Crippen LogP contribution in [0.2, 0.25) is 0 Å². The zero-order chi connectivity index (χ0) is 40.6. The Bertz CT molecular complexity index is 899. The molecule has 1 N–H and O–H groups in total. The molecule has 6 atom stereocenters. The summed E-state index contributed by atoms with van der Waals surface area (Å²) in [5.41, 5.74) is -0.680. The smallest absolute Gasteiger partial charge is 0.312 e. The number of unbranched alkanes of at least 4 members (excludes halogenated alkanes) is 18. The molecule has 4 nitrogen and oxygen atoms in total. The van der Waals surface area contributed by atoms with Crippen LogP contribution in [0.25, 0.3) is 0 Å². The molecule has 4 heteroatoms. The zero-order valence-electron chi connectivity index (χ0n) is 38.4. The van der Waals surface area contributed by atoms with Gasteiger partial charge in [0.25, 0.3) is 0 Å². The molecular formula is C51H98O4. The quantitative estimate of drug-likeness (QED) is 0.0501. The van der Waals surface area contributed by atoms with Gasteiger partial charge in [-0.25, -0.2) is 0 Å². The number of aliphatic carboxylic acids is 1. The molecule has 1 fully saturated rings. The highest BCUT2D eigenvalue weighted by Crippen LogP contribution is 2.53. The van der Waals surface area contributed by atoms with Gasteiger partial charge in [-0.1, -0.05) is 222 Å². The Labute approximate surface area is 344 Å². The highest BCUT2D eigenvalue weighted by Gasteiger charge is 2.54. The molecule has 0 aromatic rings. The molecule has 1 aliphatic carbocycles. The van der Waals surface area contributed by atoms with Crippen LogP contribution in [0, 0.1) is 35.0 Å². The molecule has 0 aliphatic heterocycles. The third kappa shape index (κ3) is 22.6. The molecule has 0 saturated heterocycles. The van der Waals surface area contributed by atoms with Crippen molar-refractivity contribution < 1.29 is 19.4 Å². The van der Waals surface area contributed by atoms with E-state index in [9.17, 15) is 9.90 Å². The molecule has 0 radical (unpaired) electrons. The summed E-state index contributed by atoms with van der Waals surface area (Å²) in [4.78, 5) is 28.4. The second kappa shape index (κ2) is 33.9. The first-order valence-corrected chi connectivity index (χ1v) is 25.1. The standard InChI is InChI=1S/C51H98O4/c1-8-13-16-17-18-19-20-21-26-31-40-48(45(34-12-5)37-28-15-10-3)55-50(54)51(42-44(33-11-4)36-27-14-9-2)41-32-38-46(49(52)53)47(51)39-30-25-23-22-24-29-35-43(6)7/h43-48H,8-42H2,1-7H3,(H,52,53). The Balaban J connectivity index is 3.35. The van der Waals surface area contributed by atoms with Gasteiger partial charge in [0.1, 0.15) is 6.10 Å². The van der Waals surface area contributed by atoms with Crippen LogP contribution in [0.15, 0.2) is 0 Å². The molecule has 1 saturated carbocycles. The van der Waals surface area contributed by atoms with E-state index in [1.165, 1.54) is 128 Å². The van der Waals surface area contributed by atoms with Gasteiger partial charge in [0, 0.05) is 0 Å². The van der Waals surface area contributed by atoms with Crippen LogP contribution in [-0.4, -0.2) is 23.1 Å². The maximum Gasteiger partial charge on any atom is 0.312 e. The van der Waals surface area contributed by atoms with Crippen molar-refractivity contribution in [2.45, 2.75) is 279 Å². The molecule has 0 amide bonds. The molecule has 0 aromatic heterocycles. The first-order chi connectivity index (χ1) is 26.7. The Kier molecular flexibility index (Phi) is 32.0. The second-order valence-electron chi connectivity index (χ2n) is 19.0. The van der Waals surface area contributed by atoms with Crippen molar-refractivity contribution in [1.29, 1.82) is 0 Å². The van der Waals surface area contributed by atoms with Crippen LogP contribution in [0.3, 0.4) is 0 Å². The Hall–Kier alpha value is -1.06. The summed E-state index contributed by atoms with van der Waals surface area (Å²) in [6.07, 6.45) is 40.6. The Morgan fingerprint density at radius 2 is 1.07 bits per heavy atom. The largest absolute Gasteiger partial charge is 0.481 e. The minimum absolute atomic E-state index is 0.00223. The summed E-state index contributed by atoms with van der Waals surface area (Å²) in [7, 11) is 0. The zero-order valence-corrected chi connectivity index (χ0v) is 38.4. The summed E-state index contributed by atoms with van der Waals surface area (Å²) in [5.74, 6) is 0.383. The third-order valence-electron chi connectivity index (χ3n) is 13.6. The predicted molar refractivity (Wildman–Crippen MR) is 239 cm³/mol. The lowest BCUT2D eigenvalue weighted by Gasteiger charge is -2.48. The number of carbonyl (C=O) groups excluding carboxylic acids is 1. The van der Waals surface area contributed by atoms with Gasteiger partial charge >= 0.3 is 11.9 Å². The number of hydrogen-bond donors (Lipinski definition) is 1. The van der Waals surface area contributed by atoms with E-state index < -0.39 is 17.3 Å². The predicted octanol–water partition coefficient (Wildman–Crippen LogP) is 16.9. The number of carboxylic acids is 1. The average Bonchev–Trinajstić information content (AvgIpc) is 3.16. The molecule has 6 unspecified atom stereocenters. The number of rotatable bonds is 38. The summed E-state index contributed by atoms with van der Waals surface area (Å²) >= 11 is 0. The van der Waals surface area contributed by atoms with Gasteiger partial charge in [-0.2, -0.15) is 0 Å². The van der Waals surface area contributed by atoms with E-state index in [0.29, 0.717) is 18.3 Å². The highest BCUT2D eigenvalue weighted by molar-refractivity contribution is 5.80. The molecule has 55 heavy (non-hydrogen) atoms. The van der Waals surface area contributed by atoms with E-state index in [0.717, 1.165) is 95.8 Å². The summed E-state index contributed by atoms with van der Waals surface area (Å²) in [6.45, 7) is 16.0. The van der Waals surface area contributed by atoms with E-state index in [1.807, 2.05) is 0 Å². The van der Waals surface area contributed by atoms with Crippen molar-refractivity contribution in [3.8, 4) is 0 Å². The van der Waals surface area contributed by atoms with E-state index in [4.69, 9.17) is 4.74 Å². The van der Waals surface area contributed by atoms with Crippen molar-refractivity contribution >= 4 is 11.9 Å². The molecule has 1 rings (SSSR count). The highest BCUT2D eigenvalue weighted by atomic mass is 16.5. The lowest BCUT2D eigenvalue weighted by Crippen LogP contribution is -2.50.